The molecule has 0 radical (unpaired) electrons. The van der Waals surface area contributed by atoms with Crippen molar-refractivity contribution in [3.05, 3.63) is 29.6 Å². The molecule has 0 fully saturated rings. The summed E-state index contributed by atoms with van der Waals surface area (Å²) in [5.74, 6) is -0.794. The number of ether oxygens (including phenoxy) is 1. The summed E-state index contributed by atoms with van der Waals surface area (Å²) in [5.41, 5.74) is 0.535. The predicted molar refractivity (Wildman–Crippen MR) is 62.5 cm³/mol. The molecule has 1 unspecified atom stereocenters. The molecule has 0 aliphatic heterocycles. The Bertz CT molecular complexity index is 402. The van der Waals surface area contributed by atoms with Gasteiger partial charge < -0.3 is 9.84 Å². The number of halogens is 1. The average Bonchev–Trinajstić information content (AvgIpc) is 2.28. The number of benzene rings is 1. The van der Waals surface area contributed by atoms with Gasteiger partial charge in [0.25, 0.3) is 0 Å². The SMILES string of the molecule is COc1ccc(CC(=O)C(O)C(C)C)cc1F. The van der Waals surface area contributed by atoms with Crippen LogP contribution in [0, 0.1) is 11.7 Å². The third-order valence-electron chi connectivity index (χ3n) is 2.56. The van der Waals surface area contributed by atoms with Gasteiger partial charge in [-0.2, -0.15) is 0 Å². The van der Waals surface area contributed by atoms with Gasteiger partial charge in [0.15, 0.2) is 17.3 Å². The van der Waals surface area contributed by atoms with E-state index in [2.05, 4.69) is 0 Å². The third kappa shape index (κ3) is 3.53. The van der Waals surface area contributed by atoms with Crippen molar-refractivity contribution in [1.82, 2.24) is 0 Å². The number of hydrogen-bond donors (Lipinski definition) is 1. The molecule has 0 amide bonds. The largest absolute Gasteiger partial charge is 0.494 e. The van der Waals surface area contributed by atoms with Crippen LogP contribution in [-0.2, 0) is 11.2 Å². The first-order valence-electron chi connectivity index (χ1n) is 5.49. The Kier molecular flexibility index (Phi) is 4.63. The minimum absolute atomic E-state index is 0.0280. The van der Waals surface area contributed by atoms with Gasteiger partial charge in [-0.25, -0.2) is 4.39 Å². The molecule has 1 rings (SSSR count). The van der Waals surface area contributed by atoms with E-state index in [1.54, 1.807) is 19.9 Å². The molecule has 3 nitrogen and oxygen atoms in total. The topological polar surface area (TPSA) is 46.5 Å². The van der Waals surface area contributed by atoms with E-state index in [1.165, 1.54) is 19.2 Å². The van der Waals surface area contributed by atoms with Gasteiger partial charge in [0.1, 0.15) is 6.10 Å². The Morgan fingerprint density at radius 1 is 1.47 bits per heavy atom. The van der Waals surface area contributed by atoms with E-state index < -0.39 is 11.9 Å². The van der Waals surface area contributed by atoms with Crippen molar-refractivity contribution in [1.29, 1.82) is 0 Å². The molecule has 1 atom stereocenters. The maximum atomic E-state index is 13.4. The molecule has 94 valence electrons. The zero-order chi connectivity index (χ0) is 13.0. The second-order valence-corrected chi connectivity index (χ2v) is 4.30. The van der Waals surface area contributed by atoms with Gasteiger partial charge in [-0.1, -0.05) is 19.9 Å². The fourth-order valence-electron chi connectivity index (χ4n) is 1.50. The summed E-state index contributed by atoms with van der Waals surface area (Å²) in [6.07, 6.45) is -0.972. The number of aliphatic hydroxyl groups excluding tert-OH is 1. The van der Waals surface area contributed by atoms with Crippen molar-refractivity contribution in [2.45, 2.75) is 26.4 Å². The predicted octanol–water partition coefficient (Wildman–Crippen LogP) is 1.96. The molecule has 0 aromatic heterocycles. The second kappa shape index (κ2) is 5.77. The number of methoxy groups -OCH3 is 1. The van der Waals surface area contributed by atoms with E-state index in [-0.39, 0.29) is 23.9 Å². The minimum atomic E-state index is -1.000. The number of carbonyl (C=O) groups is 1. The first-order valence-corrected chi connectivity index (χ1v) is 5.49. The van der Waals surface area contributed by atoms with Crippen molar-refractivity contribution in [2.75, 3.05) is 7.11 Å². The Morgan fingerprint density at radius 2 is 2.12 bits per heavy atom. The van der Waals surface area contributed by atoms with E-state index in [0.717, 1.165) is 0 Å². The van der Waals surface area contributed by atoms with Crippen LogP contribution in [-0.4, -0.2) is 24.1 Å². The van der Waals surface area contributed by atoms with Crippen molar-refractivity contribution in [3.8, 4) is 5.75 Å². The molecule has 0 aliphatic rings. The molecule has 0 heterocycles. The maximum Gasteiger partial charge on any atom is 0.165 e. The van der Waals surface area contributed by atoms with Gasteiger partial charge in [0.2, 0.25) is 0 Å². The first-order chi connectivity index (χ1) is 7.95. The van der Waals surface area contributed by atoms with Crippen molar-refractivity contribution < 1.29 is 19.0 Å². The summed E-state index contributed by atoms with van der Waals surface area (Å²) in [4.78, 5) is 11.6. The number of rotatable bonds is 5. The van der Waals surface area contributed by atoms with Crippen molar-refractivity contribution in [2.24, 2.45) is 5.92 Å². The summed E-state index contributed by atoms with van der Waals surface area (Å²) in [7, 11) is 1.38. The van der Waals surface area contributed by atoms with E-state index >= 15 is 0 Å². The van der Waals surface area contributed by atoms with Crippen LogP contribution in [0.25, 0.3) is 0 Å². The smallest absolute Gasteiger partial charge is 0.165 e. The number of hydrogen-bond acceptors (Lipinski definition) is 3. The van der Waals surface area contributed by atoms with Crippen molar-refractivity contribution in [3.63, 3.8) is 0 Å². The van der Waals surface area contributed by atoms with E-state index in [1.807, 2.05) is 0 Å². The van der Waals surface area contributed by atoms with E-state index in [4.69, 9.17) is 4.74 Å². The van der Waals surface area contributed by atoms with Crippen molar-refractivity contribution >= 4 is 5.78 Å². The molecule has 0 bridgehead atoms. The lowest BCUT2D eigenvalue weighted by Gasteiger charge is -2.13. The molecule has 1 aromatic rings. The highest BCUT2D eigenvalue weighted by molar-refractivity contribution is 5.85. The fraction of sp³-hybridized carbons (Fsp3) is 0.462. The number of ketones is 1. The van der Waals surface area contributed by atoms with Crippen LogP contribution in [0.15, 0.2) is 18.2 Å². The summed E-state index contributed by atoms with van der Waals surface area (Å²) in [6.45, 7) is 3.52. The molecule has 4 heteroatoms. The van der Waals surface area contributed by atoms with Crippen LogP contribution >= 0.6 is 0 Å². The molecule has 17 heavy (non-hydrogen) atoms. The van der Waals surface area contributed by atoms with E-state index in [0.29, 0.717) is 5.56 Å². The Morgan fingerprint density at radius 3 is 2.59 bits per heavy atom. The van der Waals surface area contributed by atoms with Gasteiger partial charge >= 0.3 is 0 Å². The normalized spacial score (nSPS) is 12.6. The standard InChI is InChI=1S/C13H17FO3/c1-8(2)13(16)11(15)7-9-4-5-12(17-3)10(14)6-9/h4-6,8,13,16H,7H2,1-3H3. The van der Waals surface area contributed by atoms with Gasteiger partial charge in [0, 0.05) is 6.42 Å². The Labute approximate surface area is 100 Å². The highest BCUT2D eigenvalue weighted by Crippen LogP contribution is 2.18. The lowest BCUT2D eigenvalue weighted by Crippen LogP contribution is -2.27. The van der Waals surface area contributed by atoms with Crippen LogP contribution in [0.5, 0.6) is 5.75 Å². The number of aliphatic hydroxyl groups is 1. The zero-order valence-corrected chi connectivity index (χ0v) is 10.2. The highest BCUT2D eigenvalue weighted by atomic mass is 19.1. The molecule has 1 N–H and O–H groups in total. The van der Waals surface area contributed by atoms with Gasteiger partial charge in [-0.3, -0.25) is 4.79 Å². The first kappa shape index (κ1) is 13.6. The van der Waals surface area contributed by atoms with Crippen LogP contribution in [0.3, 0.4) is 0 Å². The lowest BCUT2D eigenvalue weighted by molar-refractivity contribution is -0.128. The molecule has 0 saturated carbocycles. The summed E-state index contributed by atoms with van der Waals surface area (Å²) in [6, 6.07) is 4.34. The van der Waals surface area contributed by atoms with Gasteiger partial charge in [-0.05, 0) is 23.6 Å². The molecule has 0 spiro atoms. The van der Waals surface area contributed by atoms with Gasteiger partial charge in [-0.15, -0.1) is 0 Å². The monoisotopic (exact) mass is 240 g/mol. The van der Waals surface area contributed by atoms with E-state index in [9.17, 15) is 14.3 Å². The maximum absolute atomic E-state index is 13.4. The summed E-state index contributed by atoms with van der Waals surface area (Å²) in [5, 5.41) is 9.56. The van der Waals surface area contributed by atoms with Crippen LogP contribution in [0.4, 0.5) is 4.39 Å². The van der Waals surface area contributed by atoms with Crippen LogP contribution in [0.2, 0.25) is 0 Å². The molecular weight excluding hydrogens is 223 g/mol. The zero-order valence-electron chi connectivity index (χ0n) is 10.2. The molecule has 0 aliphatic carbocycles. The molecule has 1 aromatic carbocycles. The number of Topliss-reactive ketones (excluding diaryl/α,β-unsaturated/α-hetero) is 1. The third-order valence-corrected chi connectivity index (χ3v) is 2.56. The van der Waals surface area contributed by atoms with Crippen LogP contribution < -0.4 is 4.74 Å². The molecule has 0 saturated heterocycles. The quantitative estimate of drug-likeness (QED) is 0.855. The van der Waals surface area contributed by atoms with Gasteiger partial charge in [0.05, 0.1) is 7.11 Å². The summed E-state index contributed by atoms with van der Waals surface area (Å²) >= 11 is 0. The second-order valence-electron chi connectivity index (χ2n) is 4.30. The molecular formula is C13H17FO3. The average molecular weight is 240 g/mol. The highest BCUT2D eigenvalue weighted by Gasteiger charge is 2.19. The number of carbonyl (C=O) groups excluding carboxylic acids is 1. The summed E-state index contributed by atoms with van der Waals surface area (Å²) < 4.78 is 18.1. The fourth-order valence-corrected chi connectivity index (χ4v) is 1.50. The Hall–Kier alpha value is -1.42. The Balaban J connectivity index is 2.76. The lowest BCUT2D eigenvalue weighted by atomic mass is 9.98. The van der Waals surface area contributed by atoms with Crippen LogP contribution in [0.1, 0.15) is 19.4 Å². The minimum Gasteiger partial charge on any atom is -0.494 e.